The van der Waals surface area contributed by atoms with Crippen LogP contribution in [-0.4, -0.2) is 46.5 Å². The molecule has 0 saturated carbocycles. The van der Waals surface area contributed by atoms with Crippen LogP contribution in [0.4, 0.5) is 0 Å². The van der Waals surface area contributed by atoms with E-state index in [4.69, 9.17) is 0 Å². The molecule has 0 aliphatic rings. The lowest BCUT2D eigenvalue weighted by atomic mass is 9.86. The Kier molecular flexibility index (Phi) is 6.02. The summed E-state index contributed by atoms with van der Waals surface area (Å²) >= 11 is 3.55. The average molecular weight is 332 g/mol. The molecule has 1 atom stereocenters. The Bertz CT molecular complexity index is 396. The highest BCUT2D eigenvalue weighted by atomic mass is 79.9. The van der Waals surface area contributed by atoms with Crippen LogP contribution in [0, 0.1) is 5.41 Å². The van der Waals surface area contributed by atoms with E-state index >= 15 is 0 Å². The van der Waals surface area contributed by atoms with Crippen molar-refractivity contribution in [3.05, 3.63) is 16.4 Å². The smallest absolute Gasteiger partial charge is 0.0635 e. The maximum atomic E-state index is 10.1. The second kappa shape index (κ2) is 6.86. The number of nitrogens with zero attached hydrogens (tertiary/aromatic N) is 3. The molecule has 0 aliphatic carbocycles. The summed E-state index contributed by atoms with van der Waals surface area (Å²) in [6, 6.07) is 0. The highest BCUT2D eigenvalue weighted by Gasteiger charge is 2.22. The Morgan fingerprint density at radius 3 is 2.58 bits per heavy atom. The molecule has 1 heterocycles. The molecule has 0 spiro atoms. The molecule has 0 fully saturated rings. The molecule has 1 N–H and O–H groups in total. The molecule has 0 radical (unpaired) electrons. The molecule has 0 aromatic carbocycles. The zero-order chi connectivity index (χ0) is 14.6. The molecule has 5 heteroatoms. The molecule has 1 rings (SSSR count). The minimum atomic E-state index is -0.295. The van der Waals surface area contributed by atoms with Crippen LogP contribution in [0.3, 0.4) is 0 Å². The molecule has 110 valence electrons. The van der Waals surface area contributed by atoms with Gasteiger partial charge in [0.05, 0.1) is 29.0 Å². The third-order valence-electron chi connectivity index (χ3n) is 3.31. The summed E-state index contributed by atoms with van der Waals surface area (Å²) in [5.41, 5.74) is 1.10. The molecule has 4 nitrogen and oxygen atoms in total. The van der Waals surface area contributed by atoms with Crippen molar-refractivity contribution in [2.45, 2.75) is 46.3 Å². The minimum Gasteiger partial charge on any atom is -0.393 e. The van der Waals surface area contributed by atoms with Crippen molar-refractivity contribution < 1.29 is 5.11 Å². The van der Waals surface area contributed by atoms with Crippen LogP contribution in [0.1, 0.15) is 32.9 Å². The first-order valence-corrected chi connectivity index (χ1v) is 7.54. The summed E-state index contributed by atoms with van der Waals surface area (Å²) in [7, 11) is 4.11. The predicted molar refractivity (Wildman–Crippen MR) is 82.3 cm³/mol. The fourth-order valence-electron chi connectivity index (χ4n) is 1.83. The van der Waals surface area contributed by atoms with Crippen LogP contribution >= 0.6 is 15.9 Å². The molecule has 0 saturated heterocycles. The number of rotatable bonds is 6. The van der Waals surface area contributed by atoms with Gasteiger partial charge in [0.25, 0.3) is 0 Å². The van der Waals surface area contributed by atoms with Crippen LogP contribution in [0.5, 0.6) is 0 Å². The number of halogens is 1. The first-order chi connectivity index (χ1) is 8.71. The summed E-state index contributed by atoms with van der Waals surface area (Å²) in [6.07, 6.45) is 3.15. The van der Waals surface area contributed by atoms with Crippen molar-refractivity contribution in [2.24, 2.45) is 5.41 Å². The van der Waals surface area contributed by atoms with Gasteiger partial charge in [0.2, 0.25) is 0 Å². The molecule has 1 aromatic heterocycles. The number of hydrogen-bond donors (Lipinski definition) is 1. The first-order valence-electron chi connectivity index (χ1n) is 6.75. The van der Waals surface area contributed by atoms with E-state index in [0.29, 0.717) is 0 Å². The average Bonchev–Trinajstić information content (AvgIpc) is 2.63. The lowest BCUT2D eigenvalue weighted by molar-refractivity contribution is 0.0555. The van der Waals surface area contributed by atoms with Gasteiger partial charge in [-0.25, -0.2) is 0 Å². The second-order valence-electron chi connectivity index (χ2n) is 6.39. The van der Waals surface area contributed by atoms with Crippen molar-refractivity contribution in [1.29, 1.82) is 0 Å². The molecule has 1 unspecified atom stereocenters. The zero-order valence-electron chi connectivity index (χ0n) is 12.6. The molecule has 0 aliphatic heterocycles. The first kappa shape index (κ1) is 16.7. The lowest BCUT2D eigenvalue weighted by Crippen LogP contribution is -2.27. The van der Waals surface area contributed by atoms with Crippen molar-refractivity contribution in [3.8, 4) is 0 Å². The van der Waals surface area contributed by atoms with E-state index in [2.05, 4.69) is 60.8 Å². The fourth-order valence-corrected chi connectivity index (χ4v) is 2.32. The van der Waals surface area contributed by atoms with Gasteiger partial charge >= 0.3 is 0 Å². The monoisotopic (exact) mass is 331 g/mol. The molecular weight excluding hydrogens is 306 g/mol. The fraction of sp³-hybridized carbons (Fsp3) is 0.786. The van der Waals surface area contributed by atoms with E-state index < -0.39 is 0 Å². The van der Waals surface area contributed by atoms with Gasteiger partial charge in [-0.1, -0.05) is 20.8 Å². The third-order valence-corrected chi connectivity index (χ3v) is 3.97. The predicted octanol–water partition coefficient (Wildman–Crippen LogP) is 2.55. The lowest BCUT2D eigenvalue weighted by Gasteiger charge is -2.25. The van der Waals surface area contributed by atoms with Crippen molar-refractivity contribution in [3.63, 3.8) is 0 Å². The zero-order valence-corrected chi connectivity index (χ0v) is 14.2. The van der Waals surface area contributed by atoms with Gasteiger partial charge < -0.3 is 10.0 Å². The van der Waals surface area contributed by atoms with Gasteiger partial charge in [0.1, 0.15) is 0 Å². The summed E-state index contributed by atoms with van der Waals surface area (Å²) in [5.74, 6) is 0. The second-order valence-corrected chi connectivity index (χ2v) is 7.24. The molecular formula is C14H26BrN3O. The van der Waals surface area contributed by atoms with Gasteiger partial charge in [0.15, 0.2) is 0 Å². The van der Waals surface area contributed by atoms with Crippen LogP contribution in [-0.2, 0) is 13.0 Å². The SMILES string of the molecule is CN(C)CCn1ncc(Br)c1CCC(O)C(C)(C)C. The van der Waals surface area contributed by atoms with Gasteiger partial charge in [-0.05, 0) is 48.3 Å². The largest absolute Gasteiger partial charge is 0.393 e. The summed E-state index contributed by atoms with van der Waals surface area (Å²) in [5, 5.41) is 14.5. The van der Waals surface area contributed by atoms with E-state index in [9.17, 15) is 5.11 Å². The van der Waals surface area contributed by atoms with Crippen LogP contribution in [0.2, 0.25) is 0 Å². The Morgan fingerprint density at radius 2 is 2.05 bits per heavy atom. The van der Waals surface area contributed by atoms with Gasteiger partial charge in [-0.2, -0.15) is 5.10 Å². The van der Waals surface area contributed by atoms with E-state index in [1.54, 1.807) is 0 Å². The highest BCUT2D eigenvalue weighted by molar-refractivity contribution is 9.10. The van der Waals surface area contributed by atoms with Gasteiger partial charge in [0, 0.05) is 6.54 Å². The molecule has 0 bridgehead atoms. The quantitative estimate of drug-likeness (QED) is 0.870. The summed E-state index contributed by atoms with van der Waals surface area (Å²) in [4.78, 5) is 2.14. The summed E-state index contributed by atoms with van der Waals surface area (Å²) < 4.78 is 3.06. The maximum absolute atomic E-state index is 10.1. The van der Waals surface area contributed by atoms with E-state index in [-0.39, 0.29) is 11.5 Å². The van der Waals surface area contributed by atoms with Crippen LogP contribution in [0.25, 0.3) is 0 Å². The third kappa shape index (κ3) is 5.24. The molecule has 0 amide bonds. The van der Waals surface area contributed by atoms with E-state index in [0.717, 1.165) is 30.4 Å². The number of aromatic nitrogens is 2. The van der Waals surface area contributed by atoms with Crippen LogP contribution < -0.4 is 0 Å². The van der Waals surface area contributed by atoms with Crippen LogP contribution in [0.15, 0.2) is 10.7 Å². The normalized spacial score (nSPS) is 14.1. The number of aliphatic hydroxyl groups excluding tert-OH is 1. The highest BCUT2D eigenvalue weighted by Crippen LogP contribution is 2.25. The Hall–Kier alpha value is -0.390. The molecule has 1 aromatic rings. The number of aliphatic hydroxyl groups is 1. The summed E-state index contributed by atoms with van der Waals surface area (Å²) in [6.45, 7) is 8.03. The minimum absolute atomic E-state index is 0.0685. The van der Waals surface area contributed by atoms with Crippen molar-refractivity contribution in [2.75, 3.05) is 20.6 Å². The molecule has 19 heavy (non-hydrogen) atoms. The number of hydrogen-bond acceptors (Lipinski definition) is 3. The van der Waals surface area contributed by atoms with Gasteiger partial charge in [-0.3, -0.25) is 4.68 Å². The Balaban J connectivity index is 2.64. The van der Waals surface area contributed by atoms with E-state index in [1.165, 1.54) is 5.69 Å². The standard InChI is InChI=1S/C14H26BrN3O/c1-14(2,3)13(19)7-6-12-11(15)10-16-18(12)9-8-17(4)5/h10,13,19H,6-9H2,1-5H3. The maximum Gasteiger partial charge on any atom is 0.0635 e. The number of likely N-dealkylation sites (N-methyl/N-ethyl adjacent to an activating group) is 1. The Labute approximate surface area is 124 Å². The Morgan fingerprint density at radius 1 is 1.42 bits per heavy atom. The van der Waals surface area contributed by atoms with Gasteiger partial charge in [-0.15, -0.1) is 0 Å². The van der Waals surface area contributed by atoms with E-state index in [1.807, 2.05) is 10.9 Å². The van der Waals surface area contributed by atoms with Crippen molar-refractivity contribution in [1.82, 2.24) is 14.7 Å². The topological polar surface area (TPSA) is 41.3 Å². The van der Waals surface area contributed by atoms with Crippen molar-refractivity contribution >= 4 is 15.9 Å².